The number of rotatable bonds is 6. The molecule has 0 spiro atoms. The molecule has 0 radical (unpaired) electrons. The molecule has 0 fully saturated rings. The fourth-order valence-electron chi connectivity index (χ4n) is 3.57. The Hall–Kier alpha value is -3.60. The van der Waals surface area contributed by atoms with Crippen LogP contribution in [0.5, 0.6) is 5.75 Å². The fourth-order valence-corrected chi connectivity index (χ4v) is 3.57. The van der Waals surface area contributed by atoms with Crippen LogP contribution in [0.15, 0.2) is 54.6 Å². The zero-order chi connectivity index (χ0) is 22.7. The van der Waals surface area contributed by atoms with E-state index >= 15 is 0 Å². The summed E-state index contributed by atoms with van der Waals surface area (Å²) in [4.78, 5) is 24.6. The molecule has 0 saturated heterocycles. The van der Waals surface area contributed by atoms with E-state index in [0.717, 1.165) is 34.2 Å². The number of benzene rings is 3. The first kappa shape index (κ1) is 22.1. The predicted molar refractivity (Wildman–Crippen MR) is 123 cm³/mol. The number of aromatic carboxylic acids is 1. The predicted octanol–water partition coefficient (Wildman–Crippen LogP) is 5.83. The molecular weight excluding hydrogens is 390 g/mol. The summed E-state index contributed by atoms with van der Waals surface area (Å²) in [5, 5.41) is 22.5. The average Bonchev–Trinajstić information content (AvgIpc) is 2.71. The van der Waals surface area contributed by atoms with E-state index in [2.05, 4.69) is 19.2 Å². The highest BCUT2D eigenvalue weighted by atomic mass is 16.4. The summed E-state index contributed by atoms with van der Waals surface area (Å²) >= 11 is 0. The molecular formula is C26H27NO4. The van der Waals surface area contributed by atoms with Gasteiger partial charge in [-0.2, -0.15) is 0 Å². The van der Waals surface area contributed by atoms with Crippen LogP contribution in [-0.2, 0) is 6.42 Å². The highest BCUT2D eigenvalue weighted by Gasteiger charge is 2.17. The van der Waals surface area contributed by atoms with Gasteiger partial charge in [0.2, 0.25) is 0 Å². The third-order valence-electron chi connectivity index (χ3n) is 5.39. The lowest BCUT2D eigenvalue weighted by atomic mass is 9.96. The van der Waals surface area contributed by atoms with Crippen molar-refractivity contribution >= 4 is 17.6 Å². The van der Waals surface area contributed by atoms with Crippen molar-refractivity contribution in [2.45, 2.75) is 34.1 Å². The Labute approximate surface area is 182 Å². The fraction of sp³-hybridized carbons (Fsp3) is 0.231. The lowest BCUT2D eigenvalue weighted by Crippen LogP contribution is -2.16. The van der Waals surface area contributed by atoms with Crippen LogP contribution in [0.25, 0.3) is 11.1 Å². The second kappa shape index (κ2) is 9.04. The van der Waals surface area contributed by atoms with Crippen LogP contribution in [0.1, 0.15) is 51.3 Å². The number of aryl methyl sites for hydroxylation is 1. The van der Waals surface area contributed by atoms with Gasteiger partial charge in [-0.1, -0.05) is 38.1 Å². The number of carbonyl (C=O) groups is 2. The number of phenols is 1. The van der Waals surface area contributed by atoms with E-state index in [-0.39, 0.29) is 22.9 Å². The summed E-state index contributed by atoms with van der Waals surface area (Å²) in [5.41, 5.74) is 5.02. The standard InChI is InChI=1S/C26H27NO4/c1-15(2)12-20-13-18(9-11-24(20)28)19-8-10-22(26(30)31)23(14-19)27-25(29)21-7-5-6-16(3)17(21)4/h5-11,13-15,28H,12H2,1-4H3,(H,27,29)(H,30,31). The molecule has 0 saturated carbocycles. The SMILES string of the molecule is Cc1cccc(C(=O)Nc2cc(-c3ccc(O)c(CC(C)C)c3)ccc2C(=O)O)c1C. The molecule has 0 aliphatic rings. The minimum absolute atomic E-state index is 0.0172. The Balaban J connectivity index is 2.01. The number of carbonyl (C=O) groups excluding carboxylic acids is 1. The molecule has 160 valence electrons. The van der Waals surface area contributed by atoms with Crippen LogP contribution < -0.4 is 5.32 Å². The first-order chi connectivity index (χ1) is 14.7. The first-order valence-corrected chi connectivity index (χ1v) is 10.2. The number of amides is 1. The second-order valence-electron chi connectivity index (χ2n) is 8.21. The molecule has 3 aromatic rings. The normalized spacial score (nSPS) is 10.9. The van der Waals surface area contributed by atoms with Gasteiger partial charge in [0.15, 0.2) is 0 Å². The summed E-state index contributed by atoms with van der Waals surface area (Å²) in [7, 11) is 0. The van der Waals surface area contributed by atoms with Gasteiger partial charge in [0.05, 0.1) is 11.3 Å². The number of hydrogen-bond donors (Lipinski definition) is 3. The number of aromatic hydroxyl groups is 1. The van der Waals surface area contributed by atoms with E-state index in [9.17, 15) is 19.8 Å². The lowest BCUT2D eigenvalue weighted by molar-refractivity contribution is 0.0698. The molecule has 0 atom stereocenters. The van der Waals surface area contributed by atoms with Crippen molar-refractivity contribution in [3.8, 4) is 16.9 Å². The van der Waals surface area contributed by atoms with E-state index in [1.807, 2.05) is 26.0 Å². The van der Waals surface area contributed by atoms with Crippen molar-refractivity contribution in [1.82, 2.24) is 0 Å². The van der Waals surface area contributed by atoms with Crippen LogP contribution in [0.4, 0.5) is 5.69 Å². The molecule has 0 aromatic heterocycles. The Morgan fingerprint density at radius 3 is 2.29 bits per heavy atom. The van der Waals surface area contributed by atoms with Gasteiger partial charge in [-0.3, -0.25) is 4.79 Å². The number of hydrogen-bond acceptors (Lipinski definition) is 3. The van der Waals surface area contributed by atoms with Crippen LogP contribution in [0, 0.1) is 19.8 Å². The molecule has 3 rings (SSSR count). The summed E-state index contributed by atoms with van der Waals surface area (Å²) in [6.45, 7) is 7.95. The van der Waals surface area contributed by atoms with Crippen LogP contribution in [0.3, 0.4) is 0 Å². The van der Waals surface area contributed by atoms with E-state index in [1.54, 1.807) is 36.4 Å². The highest BCUT2D eigenvalue weighted by molar-refractivity contribution is 6.09. The maximum atomic E-state index is 12.9. The Kier molecular flexibility index (Phi) is 6.44. The molecule has 31 heavy (non-hydrogen) atoms. The molecule has 0 bridgehead atoms. The van der Waals surface area contributed by atoms with Crippen LogP contribution >= 0.6 is 0 Å². The topological polar surface area (TPSA) is 86.6 Å². The van der Waals surface area contributed by atoms with Gasteiger partial charge < -0.3 is 15.5 Å². The maximum Gasteiger partial charge on any atom is 0.337 e. The highest BCUT2D eigenvalue weighted by Crippen LogP contribution is 2.31. The van der Waals surface area contributed by atoms with E-state index in [1.165, 1.54) is 6.07 Å². The Morgan fingerprint density at radius 2 is 1.61 bits per heavy atom. The van der Waals surface area contributed by atoms with Crippen LogP contribution in [0.2, 0.25) is 0 Å². The molecule has 5 nitrogen and oxygen atoms in total. The van der Waals surface area contributed by atoms with Crippen molar-refractivity contribution in [2.75, 3.05) is 5.32 Å². The van der Waals surface area contributed by atoms with Gasteiger partial charge in [-0.25, -0.2) is 4.79 Å². The number of carboxylic acids is 1. The summed E-state index contributed by atoms with van der Waals surface area (Å²) in [5.74, 6) is -0.855. The van der Waals surface area contributed by atoms with Gasteiger partial charge in [0.25, 0.3) is 5.91 Å². The second-order valence-corrected chi connectivity index (χ2v) is 8.21. The molecule has 0 aliphatic carbocycles. The van der Waals surface area contributed by atoms with Crippen molar-refractivity contribution < 1.29 is 19.8 Å². The molecule has 1 amide bonds. The quantitative estimate of drug-likeness (QED) is 0.471. The largest absolute Gasteiger partial charge is 0.508 e. The molecule has 3 aromatic carbocycles. The van der Waals surface area contributed by atoms with Crippen molar-refractivity contribution in [3.05, 3.63) is 82.4 Å². The van der Waals surface area contributed by atoms with Crippen molar-refractivity contribution in [3.63, 3.8) is 0 Å². The summed E-state index contributed by atoms with van der Waals surface area (Å²) in [6, 6.07) is 15.7. The molecule has 3 N–H and O–H groups in total. The maximum absolute atomic E-state index is 12.9. The Bertz CT molecular complexity index is 1150. The van der Waals surface area contributed by atoms with Gasteiger partial charge in [0, 0.05) is 5.56 Å². The van der Waals surface area contributed by atoms with E-state index in [4.69, 9.17) is 0 Å². The number of carboxylic acid groups (broad SMARTS) is 1. The minimum atomic E-state index is -1.12. The minimum Gasteiger partial charge on any atom is -0.508 e. The van der Waals surface area contributed by atoms with Gasteiger partial charge in [0.1, 0.15) is 5.75 Å². The molecule has 5 heteroatoms. The molecule has 0 heterocycles. The summed E-state index contributed by atoms with van der Waals surface area (Å²) < 4.78 is 0. The average molecular weight is 418 g/mol. The third-order valence-corrected chi connectivity index (χ3v) is 5.39. The van der Waals surface area contributed by atoms with E-state index < -0.39 is 5.97 Å². The van der Waals surface area contributed by atoms with Gasteiger partial charge in [-0.05, 0) is 84.3 Å². The van der Waals surface area contributed by atoms with Gasteiger partial charge in [-0.15, -0.1) is 0 Å². The van der Waals surface area contributed by atoms with Crippen molar-refractivity contribution in [2.24, 2.45) is 5.92 Å². The number of phenolic OH excluding ortho intramolecular Hbond substituents is 1. The Morgan fingerprint density at radius 1 is 0.935 bits per heavy atom. The lowest BCUT2D eigenvalue weighted by Gasteiger charge is -2.14. The zero-order valence-electron chi connectivity index (χ0n) is 18.2. The zero-order valence-corrected chi connectivity index (χ0v) is 18.2. The monoisotopic (exact) mass is 417 g/mol. The number of anilines is 1. The third kappa shape index (κ3) is 4.94. The van der Waals surface area contributed by atoms with Gasteiger partial charge >= 0.3 is 5.97 Å². The van der Waals surface area contributed by atoms with Crippen LogP contribution in [-0.4, -0.2) is 22.1 Å². The molecule has 0 aliphatic heterocycles. The summed E-state index contributed by atoms with van der Waals surface area (Å²) in [6.07, 6.45) is 0.725. The van der Waals surface area contributed by atoms with Crippen molar-refractivity contribution in [1.29, 1.82) is 0 Å². The molecule has 0 unspecified atom stereocenters. The first-order valence-electron chi connectivity index (χ1n) is 10.2. The smallest absolute Gasteiger partial charge is 0.337 e. The van der Waals surface area contributed by atoms with E-state index in [0.29, 0.717) is 11.5 Å². The number of nitrogens with one attached hydrogen (secondary N) is 1.